The number of aryl methyl sites for hydroxylation is 2. The number of aromatic nitrogens is 2. The van der Waals surface area contributed by atoms with Crippen LogP contribution in [0.2, 0.25) is 5.02 Å². The molecule has 1 heterocycles. The molecule has 0 spiro atoms. The summed E-state index contributed by atoms with van der Waals surface area (Å²) in [5.74, 6) is -0.251. The first-order valence-electron chi connectivity index (χ1n) is 7.85. The van der Waals surface area contributed by atoms with Gasteiger partial charge in [-0.3, -0.25) is 10.1 Å². The van der Waals surface area contributed by atoms with Gasteiger partial charge in [0, 0.05) is 16.1 Å². The Bertz CT molecular complexity index is 939. The number of carbonyl (C=O) groups excluding carboxylic acids is 1. The second-order valence-corrected chi connectivity index (χ2v) is 7.43. The highest BCUT2D eigenvalue weighted by atomic mass is 35.5. The number of anilines is 1. The number of nitrogens with zero attached hydrogens (tertiary/aromatic N) is 2. The number of carbonyl (C=O) groups is 1. The van der Waals surface area contributed by atoms with E-state index in [1.807, 2.05) is 0 Å². The largest absolute Gasteiger partial charge is 0.296 e. The first kappa shape index (κ1) is 17.6. The third kappa shape index (κ3) is 3.57. The molecule has 0 saturated heterocycles. The van der Waals surface area contributed by atoms with E-state index in [0.29, 0.717) is 15.7 Å². The molecule has 0 fully saturated rings. The average molecular weight is 372 g/mol. The summed E-state index contributed by atoms with van der Waals surface area (Å²) in [5.41, 5.74) is 6.40. The minimum Gasteiger partial charge on any atom is -0.296 e. The van der Waals surface area contributed by atoms with Crippen LogP contribution < -0.4 is 5.32 Å². The van der Waals surface area contributed by atoms with E-state index in [1.165, 1.54) is 33.6 Å². The van der Waals surface area contributed by atoms with Gasteiger partial charge < -0.3 is 0 Å². The standard InChI is InChI=1S/C19H18ClN3OS/c1-10-8-11(2)13(4)16(12(10)3)18-22-23-19(25-18)21-17(24)14-6-5-7-15(20)9-14/h5-9H,1-4H3,(H,21,23,24). The molecule has 0 unspecified atom stereocenters. The predicted molar refractivity (Wildman–Crippen MR) is 104 cm³/mol. The molecule has 3 rings (SSSR count). The van der Waals surface area contributed by atoms with Crippen molar-refractivity contribution in [3.8, 4) is 10.6 Å². The second-order valence-electron chi connectivity index (χ2n) is 6.01. The molecule has 1 N–H and O–H groups in total. The molecule has 6 heteroatoms. The molecule has 0 aliphatic rings. The summed E-state index contributed by atoms with van der Waals surface area (Å²) in [7, 11) is 0. The second kappa shape index (κ2) is 6.94. The van der Waals surface area contributed by atoms with Gasteiger partial charge >= 0.3 is 0 Å². The third-order valence-corrected chi connectivity index (χ3v) is 5.40. The Morgan fingerprint density at radius 1 is 1.04 bits per heavy atom. The highest BCUT2D eigenvalue weighted by molar-refractivity contribution is 7.18. The molecule has 0 saturated carbocycles. The Kier molecular flexibility index (Phi) is 4.88. The van der Waals surface area contributed by atoms with E-state index >= 15 is 0 Å². The number of hydrogen-bond acceptors (Lipinski definition) is 4. The average Bonchev–Trinajstić information content (AvgIpc) is 3.01. The molecule has 2 aromatic carbocycles. The third-order valence-electron chi connectivity index (χ3n) is 4.31. The molecule has 0 atom stereocenters. The van der Waals surface area contributed by atoms with Gasteiger partial charge in [-0.05, 0) is 68.1 Å². The van der Waals surface area contributed by atoms with E-state index in [0.717, 1.165) is 10.6 Å². The SMILES string of the molecule is Cc1cc(C)c(C)c(-c2nnc(NC(=O)c3cccc(Cl)c3)s2)c1C. The van der Waals surface area contributed by atoms with Gasteiger partial charge in [0.2, 0.25) is 5.13 Å². The Balaban J connectivity index is 1.90. The highest BCUT2D eigenvalue weighted by Crippen LogP contribution is 2.34. The number of nitrogens with one attached hydrogen (secondary N) is 1. The van der Waals surface area contributed by atoms with Gasteiger partial charge in [-0.25, -0.2) is 0 Å². The van der Waals surface area contributed by atoms with Gasteiger partial charge in [-0.15, -0.1) is 10.2 Å². The van der Waals surface area contributed by atoms with Crippen molar-refractivity contribution in [2.24, 2.45) is 0 Å². The quantitative estimate of drug-likeness (QED) is 0.675. The summed E-state index contributed by atoms with van der Waals surface area (Å²) >= 11 is 7.31. The number of rotatable bonds is 3. The fourth-order valence-corrected chi connectivity index (χ4v) is 3.80. The Labute approximate surface area is 155 Å². The highest BCUT2D eigenvalue weighted by Gasteiger charge is 2.16. The summed E-state index contributed by atoms with van der Waals surface area (Å²) in [6, 6.07) is 8.98. The van der Waals surface area contributed by atoms with Crippen molar-refractivity contribution in [3.05, 3.63) is 63.2 Å². The fraction of sp³-hybridized carbons (Fsp3) is 0.211. The van der Waals surface area contributed by atoms with E-state index in [-0.39, 0.29) is 5.91 Å². The lowest BCUT2D eigenvalue weighted by molar-refractivity contribution is 0.102. The maximum absolute atomic E-state index is 12.3. The van der Waals surface area contributed by atoms with E-state index in [1.54, 1.807) is 24.3 Å². The molecule has 1 amide bonds. The van der Waals surface area contributed by atoms with Crippen LogP contribution in [0.4, 0.5) is 5.13 Å². The first-order chi connectivity index (χ1) is 11.9. The van der Waals surface area contributed by atoms with Crippen molar-refractivity contribution < 1.29 is 4.79 Å². The molecule has 0 aliphatic carbocycles. The number of benzene rings is 2. The Morgan fingerprint density at radius 2 is 1.72 bits per heavy atom. The monoisotopic (exact) mass is 371 g/mol. The van der Waals surface area contributed by atoms with E-state index < -0.39 is 0 Å². The zero-order valence-electron chi connectivity index (χ0n) is 14.5. The van der Waals surface area contributed by atoms with Gasteiger partial charge in [0.15, 0.2) is 0 Å². The molecule has 0 aliphatic heterocycles. The number of halogens is 1. The van der Waals surface area contributed by atoms with Crippen LogP contribution in [0.1, 0.15) is 32.6 Å². The molecule has 25 heavy (non-hydrogen) atoms. The van der Waals surface area contributed by atoms with Crippen molar-refractivity contribution in [3.63, 3.8) is 0 Å². The lowest BCUT2D eigenvalue weighted by atomic mass is 9.95. The van der Waals surface area contributed by atoms with Crippen LogP contribution in [0, 0.1) is 27.7 Å². The van der Waals surface area contributed by atoms with Crippen LogP contribution in [-0.2, 0) is 0 Å². The smallest absolute Gasteiger partial charge is 0.257 e. The lowest BCUT2D eigenvalue weighted by Gasteiger charge is -2.12. The zero-order chi connectivity index (χ0) is 18.1. The topological polar surface area (TPSA) is 54.9 Å². The Hall–Kier alpha value is -2.24. The van der Waals surface area contributed by atoms with Crippen molar-refractivity contribution in [1.29, 1.82) is 0 Å². The maximum Gasteiger partial charge on any atom is 0.257 e. The van der Waals surface area contributed by atoms with Crippen LogP contribution in [0.15, 0.2) is 30.3 Å². The predicted octanol–water partition coefficient (Wildman–Crippen LogP) is 5.34. The normalized spacial score (nSPS) is 10.8. The minimum atomic E-state index is -0.251. The van der Waals surface area contributed by atoms with Crippen molar-refractivity contribution in [2.75, 3.05) is 5.32 Å². The van der Waals surface area contributed by atoms with Crippen molar-refractivity contribution in [2.45, 2.75) is 27.7 Å². The van der Waals surface area contributed by atoms with Crippen LogP contribution >= 0.6 is 22.9 Å². The molecule has 4 nitrogen and oxygen atoms in total. The van der Waals surface area contributed by atoms with Gasteiger partial charge in [0.25, 0.3) is 5.91 Å². The molecular formula is C19H18ClN3OS. The van der Waals surface area contributed by atoms with E-state index in [9.17, 15) is 4.79 Å². The summed E-state index contributed by atoms with van der Waals surface area (Å²) in [6.45, 7) is 8.35. The molecule has 3 aromatic rings. The summed E-state index contributed by atoms with van der Waals surface area (Å²) < 4.78 is 0. The Morgan fingerprint density at radius 3 is 2.36 bits per heavy atom. The molecule has 1 aromatic heterocycles. The van der Waals surface area contributed by atoms with Gasteiger partial charge in [0.05, 0.1) is 0 Å². The molecule has 128 valence electrons. The fourth-order valence-electron chi connectivity index (χ4n) is 2.71. The van der Waals surface area contributed by atoms with E-state index in [4.69, 9.17) is 11.6 Å². The summed E-state index contributed by atoms with van der Waals surface area (Å²) in [4.78, 5) is 12.3. The van der Waals surface area contributed by atoms with Crippen molar-refractivity contribution in [1.82, 2.24) is 10.2 Å². The first-order valence-corrected chi connectivity index (χ1v) is 9.04. The van der Waals surface area contributed by atoms with Crippen LogP contribution in [0.25, 0.3) is 10.6 Å². The van der Waals surface area contributed by atoms with Crippen LogP contribution in [0.3, 0.4) is 0 Å². The molecular weight excluding hydrogens is 354 g/mol. The summed E-state index contributed by atoms with van der Waals surface area (Å²) in [6.07, 6.45) is 0. The van der Waals surface area contributed by atoms with Crippen LogP contribution in [0.5, 0.6) is 0 Å². The van der Waals surface area contributed by atoms with Gasteiger partial charge in [-0.1, -0.05) is 35.1 Å². The maximum atomic E-state index is 12.3. The van der Waals surface area contributed by atoms with Gasteiger partial charge in [-0.2, -0.15) is 0 Å². The lowest BCUT2D eigenvalue weighted by Crippen LogP contribution is -2.11. The number of hydrogen-bond donors (Lipinski definition) is 1. The molecule has 0 bridgehead atoms. The number of amides is 1. The minimum absolute atomic E-state index is 0.251. The van der Waals surface area contributed by atoms with E-state index in [2.05, 4.69) is 49.3 Å². The van der Waals surface area contributed by atoms with Crippen molar-refractivity contribution >= 4 is 34.0 Å². The van der Waals surface area contributed by atoms with Crippen LogP contribution in [-0.4, -0.2) is 16.1 Å². The summed E-state index contributed by atoms with van der Waals surface area (Å²) in [5, 5.41) is 13.0. The molecule has 0 radical (unpaired) electrons. The zero-order valence-corrected chi connectivity index (χ0v) is 16.0. The van der Waals surface area contributed by atoms with Gasteiger partial charge in [0.1, 0.15) is 5.01 Å².